The molecule has 0 atom stereocenters. The van der Waals surface area contributed by atoms with Gasteiger partial charge in [0.25, 0.3) is 0 Å². The minimum absolute atomic E-state index is 0.136. The van der Waals surface area contributed by atoms with Crippen LogP contribution >= 0.6 is 11.6 Å². The van der Waals surface area contributed by atoms with E-state index in [1.54, 1.807) is 36.2 Å². The van der Waals surface area contributed by atoms with Crippen molar-refractivity contribution in [1.82, 2.24) is 4.90 Å². The molecule has 1 aromatic carbocycles. The van der Waals surface area contributed by atoms with E-state index in [2.05, 4.69) is 5.32 Å². The summed E-state index contributed by atoms with van der Waals surface area (Å²) in [6.07, 6.45) is 2.63. The molecule has 0 unspecified atom stereocenters. The number of Topliss-reactive ketones (excluding diaryl/α,β-unsaturated/α-hetero) is 1. The third kappa shape index (κ3) is 3.70. The second kappa shape index (κ2) is 6.06. The Bertz CT molecular complexity index is 480. The van der Waals surface area contributed by atoms with E-state index >= 15 is 0 Å². The summed E-state index contributed by atoms with van der Waals surface area (Å²) in [7, 11) is 1.76. The van der Waals surface area contributed by atoms with Gasteiger partial charge in [0.1, 0.15) is 5.78 Å². The number of hydrogen-bond donors (Lipinski definition) is 1. The molecule has 19 heavy (non-hydrogen) atoms. The standard InChI is InChI=1S/C14H17ClN2O2/c1-17(12-5-7-13(18)8-6-12)14(19)16-11-4-2-3-10(15)9-11/h2-4,9,12H,5-8H2,1H3,(H,16,19). The van der Waals surface area contributed by atoms with Crippen molar-refractivity contribution in [2.75, 3.05) is 12.4 Å². The van der Waals surface area contributed by atoms with Crippen LogP contribution in [0.4, 0.5) is 10.5 Å². The Morgan fingerprint density at radius 2 is 2.05 bits per heavy atom. The monoisotopic (exact) mass is 280 g/mol. The van der Waals surface area contributed by atoms with Crippen molar-refractivity contribution < 1.29 is 9.59 Å². The predicted molar refractivity (Wildman–Crippen MR) is 75.5 cm³/mol. The Morgan fingerprint density at radius 3 is 2.68 bits per heavy atom. The number of anilines is 1. The van der Waals surface area contributed by atoms with Crippen molar-refractivity contribution in [3.05, 3.63) is 29.3 Å². The minimum Gasteiger partial charge on any atom is -0.325 e. The van der Waals surface area contributed by atoms with Crippen molar-refractivity contribution in [3.63, 3.8) is 0 Å². The number of benzene rings is 1. The molecule has 0 aliphatic heterocycles. The first kappa shape index (κ1) is 13.9. The van der Waals surface area contributed by atoms with Crippen LogP contribution in [0.2, 0.25) is 5.02 Å². The molecule has 0 saturated heterocycles. The first-order valence-electron chi connectivity index (χ1n) is 6.37. The number of carbonyl (C=O) groups excluding carboxylic acids is 2. The Kier molecular flexibility index (Phi) is 4.43. The lowest BCUT2D eigenvalue weighted by molar-refractivity contribution is -0.121. The summed E-state index contributed by atoms with van der Waals surface area (Å²) in [5, 5.41) is 3.40. The van der Waals surface area contributed by atoms with Crippen molar-refractivity contribution in [2.24, 2.45) is 0 Å². The van der Waals surface area contributed by atoms with Gasteiger partial charge >= 0.3 is 6.03 Å². The number of urea groups is 1. The Morgan fingerprint density at radius 1 is 1.37 bits per heavy atom. The summed E-state index contributed by atoms with van der Waals surface area (Å²) >= 11 is 5.87. The summed E-state index contributed by atoms with van der Waals surface area (Å²) in [6.45, 7) is 0. The second-order valence-corrected chi connectivity index (χ2v) is 5.26. The van der Waals surface area contributed by atoms with E-state index in [0.717, 1.165) is 12.8 Å². The molecule has 4 nitrogen and oxygen atoms in total. The molecule has 1 aliphatic carbocycles. The van der Waals surface area contributed by atoms with Crippen LogP contribution in [0.1, 0.15) is 25.7 Å². The minimum atomic E-state index is -0.165. The van der Waals surface area contributed by atoms with Gasteiger partial charge < -0.3 is 10.2 Å². The zero-order chi connectivity index (χ0) is 13.8. The summed E-state index contributed by atoms with van der Waals surface area (Å²) in [5.41, 5.74) is 0.677. The number of halogens is 1. The van der Waals surface area contributed by atoms with Crippen LogP contribution in [-0.2, 0) is 4.79 Å². The molecule has 1 aromatic rings. The third-order valence-corrected chi connectivity index (χ3v) is 3.69. The van der Waals surface area contributed by atoms with Gasteiger partial charge in [0.2, 0.25) is 0 Å². The quantitative estimate of drug-likeness (QED) is 0.903. The number of hydrogen-bond acceptors (Lipinski definition) is 2. The number of carbonyl (C=O) groups is 2. The summed E-state index contributed by atoms with van der Waals surface area (Å²) in [6, 6.07) is 7.02. The molecule has 5 heteroatoms. The van der Waals surface area contributed by atoms with Crippen molar-refractivity contribution in [1.29, 1.82) is 0 Å². The van der Waals surface area contributed by atoms with Crippen LogP contribution in [0.15, 0.2) is 24.3 Å². The lowest BCUT2D eigenvalue weighted by Crippen LogP contribution is -2.41. The van der Waals surface area contributed by atoms with Crippen LogP contribution in [-0.4, -0.2) is 29.8 Å². The van der Waals surface area contributed by atoms with E-state index in [0.29, 0.717) is 29.3 Å². The van der Waals surface area contributed by atoms with E-state index in [4.69, 9.17) is 11.6 Å². The maximum Gasteiger partial charge on any atom is 0.321 e. The molecule has 2 rings (SSSR count). The Balaban J connectivity index is 1.94. The fourth-order valence-corrected chi connectivity index (χ4v) is 2.45. The molecule has 1 aliphatic rings. The molecular formula is C14H17ClN2O2. The molecule has 102 valence electrons. The molecule has 1 fully saturated rings. The lowest BCUT2D eigenvalue weighted by atomic mass is 9.93. The van der Waals surface area contributed by atoms with Gasteiger partial charge in [-0.25, -0.2) is 4.79 Å². The van der Waals surface area contributed by atoms with Crippen LogP contribution < -0.4 is 5.32 Å². The SMILES string of the molecule is CN(C(=O)Nc1cccc(Cl)c1)C1CCC(=O)CC1. The third-order valence-electron chi connectivity index (χ3n) is 3.46. The fraction of sp³-hybridized carbons (Fsp3) is 0.429. The van der Waals surface area contributed by atoms with Crippen LogP contribution in [0.3, 0.4) is 0 Å². The highest BCUT2D eigenvalue weighted by Gasteiger charge is 2.25. The average molecular weight is 281 g/mol. The molecule has 0 spiro atoms. The molecule has 0 aromatic heterocycles. The lowest BCUT2D eigenvalue weighted by Gasteiger charge is -2.30. The maximum absolute atomic E-state index is 12.1. The fourth-order valence-electron chi connectivity index (χ4n) is 2.26. The highest BCUT2D eigenvalue weighted by Crippen LogP contribution is 2.21. The second-order valence-electron chi connectivity index (χ2n) is 4.82. The van der Waals surface area contributed by atoms with Crippen LogP contribution in [0.5, 0.6) is 0 Å². The zero-order valence-electron chi connectivity index (χ0n) is 10.9. The molecule has 0 radical (unpaired) electrons. The largest absolute Gasteiger partial charge is 0.325 e. The topological polar surface area (TPSA) is 49.4 Å². The van der Waals surface area contributed by atoms with Crippen molar-refractivity contribution in [3.8, 4) is 0 Å². The van der Waals surface area contributed by atoms with Gasteiger partial charge in [-0.2, -0.15) is 0 Å². The van der Waals surface area contributed by atoms with Gasteiger partial charge in [0, 0.05) is 36.6 Å². The predicted octanol–water partition coefficient (Wildman–Crippen LogP) is 3.32. The molecule has 0 heterocycles. The van der Waals surface area contributed by atoms with Crippen molar-refractivity contribution >= 4 is 29.1 Å². The Labute approximate surface area is 117 Å². The van der Waals surface area contributed by atoms with Gasteiger partial charge in [-0.15, -0.1) is 0 Å². The first-order chi connectivity index (χ1) is 9.06. The van der Waals surface area contributed by atoms with E-state index in [1.165, 1.54) is 0 Å². The van der Waals surface area contributed by atoms with Crippen LogP contribution in [0.25, 0.3) is 0 Å². The molecular weight excluding hydrogens is 264 g/mol. The average Bonchev–Trinajstić information content (AvgIpc) is 2.39. The molecule has 1 N–H and O–H groups in total. The highest BCUT2D eigenvalue weighted by atomic mass is 35.5. The van der Waals surface area contributed by atoms with E-state index < -0.39 is 0 Å². The molecule has 1 saturated carbocycles. The van der Waals surface area contributed by atoms with E-state index in [1.807, 2.05) is 0 Å². The number of nitrogens with one attached hydrogen (secondary N) is 1. The summed E-state index contributed by atoms with van der Waals surface area (Å²) < 4.78 is 0. The van der Waals surface area contributed by atoms with E-state index in [9.17, 15) is 9.59 Å². The number of amides is 2. The summed E-state index contributed by atoms with van der Waals surface area (Å²) in [5.74, 6) is 0.292. The van der Waals surface area contributed by atoms with Gasteiger partial charge in [0.15, 0.2) is 0 Å². The van der Waals surface area contributed by atoms with Gasteiger partial charge in [0.05, 0.1) is 0 Å². The first-order valence-corrected chi connectivity index (χ1v) is 6.75. The number of ketones is 1. The molecule has 0 bridgehead atoms. The van der Waals surface area contributed by atoms with Crippen molar-refractivity contribution in [2.45, 2.75) is 31.7 Å². The summed E-state index contributed by atoms with van der Waals surface area (Å²) in [4.78, 5) is 25.0. The molecule has 2 amide bonds. The highest BCUT2D eigenvalue weighted by molar-refractivity contribution is 6.30. The smallest absolute Gasteiger partial charge is 0.321 e. The maximum atomic E-state index is 12.1. The normalized spacial score (nSPS) is 16.2. The Hall–Kier alpha value is -1.55. The van der Waals surface area contributed by atoms with Gasteiger partial charge in [-0.3, -0.25) is 4.79 Å². The van der Waals surface area contributed by atoms with Gasteiger partial charge in [-0.05, 0) is 31.0 Å². The van der Waals surface area contributed by atoms with Crippen LogP contribution in [0, 0.1) is 0 Å². The number of rotatable bonds is 2. The zero-order valence-corrected chi connectivity index (χ0v) is 11.6. The number of nitrogens with zero attached hydrogens (tertiary/aromatic N) is 1. The van der Waals surface area contributed by atoms with Gasteiger partial charge in [-0.1, -0.05) is 17.7 Å². The van der Waals surface area contributed by atoms with E-state index in [-0.39, 0.29) is 12.1 Å².